The lowest BCUT2D eigenvalue weighted by Crippen LogP contribution is -2.48. The van der Waals surface area contributed by atoms with Gasteiger partial charge < -0.3 is 4.90 Å². The highest BCUT2D eigenvalue weighted by molar-refractivity contribution is 6.36. The zero-order valence-corrected chi connectivity index (χ0v) is 17.2. The zero-order valence-electron chi connectivity index (χ0n) is 16.5. The van der Waals surface area contributed by atoms with Crippen molar-refractivity contribution >= 4 is 23.2 Å². The van der Waals surface area contributed by atoms with Crippen LogP contribution in [0.2, 0.25) is 5.02 Å². The van der Waals surface area contributed by atoms with Crippen LogP contribution >= 0.6 is 11.6 Å². The van der Waals surface area contributed by atoms with E-state index in [0.29, 0.717) is 37.2 Å². The molecule has 0 aliphatic carbocycles. The van der Waals surface area contributed by atoms with Crippen LogP contribution in [0, 0.1) is 12.7 Å². The molecule has 1 aromatic carbocycles. The molecule has 31 heavy (non-hydrogen) atoms. The van der Waals surface area contributed by atoms with Gasteiger partial charge in [0.15, 0.2) is 11.3 Å². The number of halogens is 5. The highest BCUT2D eigenvalue weighted by Gasteiger charge is 2.37. The zero-order chi connectivity index (χ0) is 22.3. The van der Waals surface area contributed by atoms with Crippen molar-refractivity contribution in [3.63, 3.8) is 0 Å². The van der Waals surface area contributed by atoms with Gasteiger partial charge in [-0.15, -0.1) is 0 Å². The molecule has 0 bridgehead atoms. The topological polar surface area (TPSA) is 53.7 Å². The van der Waals surface area contributed by atoms with E-state index < -0.39 is 17.8 Å². The van der Waals surface area contributed by atoms with Crippen molar-refractivity contribution in [1.29, 1.82) is 0 Å². The summed E-state index contributed by atoms with van der Waals surface area (Å²) in [5.41, 5.74) is -0.426. The normalized spacial score (nSPS) is 15.6. The molecule has 3 aromatic rings. The highest BCUT2D eigenvalue weighted by atomic mass is 35.5. The second-order valence-electron chi connectivity index (χ2n) is 7.37. The summed E-state index contributed by atoms with van der Waals surface area (Å²) in [6, 6.07) is 7.06. The number of amides is 1. The van der Waals surface area contributed by atoms with E-state index in [0.717, 1.165) is 11.6 Å². The monoisotopic (exact) mass is 455 g/mol. The van der Waals surface area contributed by atoms with Gasteiger partial charge in [-0.3, -0.25) is 9.69 Å². The fourth-order valence-corrected chi connectivity index (χ4v) is 3.80. The summed E-state index contributed by atoms with van der Waals surface area (Å²) in [5.74, 6) is -0.843. The number of alkyl halides is 3. The first-order valence-electron chi connectivity index (χ1n) is 9.52. The van der Waals surface area contributed by atoms with Gasteiger partial charge in [0.05, 0.1) is 0 Å². The number of carbonyl (C=O) groups is 1. The third-order valence-electron chi connectivity index (χ3n) is 5.13. The molecule has 11 heteroatoms. The van der Waals surface area contributed by atoms with E-state index in [4.69, 9.17) is 11.6 Å². The number of piperazine rings is 1. The summed E-state index contributed by atoms with van der Waals surface area (Å²) in [7, 11) is 0. The minimum atomic E-state index is -4.67. The fourth-order valence-electron chi connectivity index (χ4n) is 3.56. The Labute approximate surface area is 180 Å². The Bertz CT molecular complexity index is 1120. The van der Waals surface area contributed by atoms with Crippen molar-refractivity contribution in [2.75, 3.05) is 26.2 Å². The lowest BCUT2D eigenvalue weighted by Gasteiger charge is -2.34. The average molecular weight is 456 g/mol. The Morgan fingerprint density at radius 2 is 1.77 bits per heavy atom. The molecule has 1 aliphatic heterocycles. The van der Waals surface area contributed by atoms with E-state index in [1.807, 2.05) is 0 Å². The predicted octanol–water partition coefficient (Wildman–Crippen LogP) is 3.81. The van der Waals surface area contributed by atoms with Crippen molar-refractivity contribution in [2.45, 2.75) is 19.6 Å². The number of fused-ring (bicyclic) bond motifs is 1. The van der Waals surface area contributed by atoms with Crippen molar-refractivity contribution in [3.8, 4) is 0 Å². The molecule has 0 radical (unpaired) electrons. The molecule has 164 valence electrons. The molecule has 4 rings (SSSR count). The van der Waals surface area contributed by atoms with Gasteiger partial charge >= 0.3 is 6.18 Å². The molecule has 0 unspecified atom stereocenters. The Morgan fingerprint density at radius 1 is 1.13 bits per heavy atom. The van der Waals surface area contributed by atoms with Crippen LogP contribution in [0.1, 0.15) is 27.4 Å². The molecule has 6 nitrogen and oxygen atoms in total. The van der Waals surface area contributed by atoms with E-state index in [1.165, 1.54) is 24.0 Å². The van der Waals surface area contributed by atoms with Crippen molar-refractivity contribution < 1.29 is 22.4 Å². The summed E-state index contributed by atoms with van der Waals surface area (Å²) in [6.45, 7) is 3.86. The summed E-state index contributed by atoms with van der Waals surface area (Å²) < 4.78 is 53.8. The lowest BCUT2D eigenvalue weighted by molar-refractivity contribution is -0.142. The summed E-state index contributed by atoms with van der Waals surface area (Å²) in [5, 5.41) is 3.65. The average Bonchev–Trinajstić information content (AvgIpc) is 3.05. The minimum Gasteiger partial charge on any atom is -0.335 e. The molecule has 0 saturated carbocycles. The van der Waals surface area contributed by atoms with Gasteiger partial charge in [0.1, 0.15) is 16.5 Å². The van der Waals surface area contributed by atoms with E-state index >= 15 is 0 Å². The number of rotatable bonds is 3. The number of hydrogen-bond donors (Lipinski definition) is 0. The van der Waals surface area contributed by atoms with E-state index in [2.05, 4.69) is 15.0 Å². The van der Waals surface area contributed by atoms with Crippen LogP contribution in [0.25, 0.3) is 5.65 Å². The van der Waals surface area contributed by atoms with E-state index in [-0.39, 0.29) is 27.9 Å². The molecule has 2 aromatic heterocycles. The Morgan fingerprint density at radius 3 is 2.39 bits per heavy atom. The summed E-state index contributed by atoms with van der Waals surface area (Å²) in [4.78, 5) is 20.6. The highest BCUT2D eigenvalue weighted by Crippen LogP contribution is 2.32. The molecule has 1 amide bonds. The van der Waals surface area contributed by atoms with Crippen LogP contribution in [0.3, 0.4) is 0 Å². The van der Waals surface area contributed by atoms with Crippen LogP contribution in [0.4, 0.5) is 17.6 Å². The van der Waals surface area contributed by atoms with Crippen LogP contribution in [-0.2, 0) is 12.7 Å². The van der Waals surface area contributed by atoms with Gasteiger partial charge in [0.25, 0.3) is 5.91 Å². The summed E-state index contributed by atoms with van der Waals surface area (Å²) in [6.07, 6.45) is -4.67. The van der Waals surface area contributed by atoms with Crippen molar-refractivity contribution in [3.05, 3.63) is 63.8 Å². The fraction of sp³-hybridized carbons (Fsp3) is 0.350. The quantitative estimate of drug-likeness (QED) is 0.564. The largest absolute Gasteiger partial charge is 0.433 e. The summed E-state index contributed by atoms with van der Waals surface area (Å²) >= 11 is 6.21. The van der Waals surface area contributed by atoms with Gasteiger partial charge in [-0.25, -0.2) is 13.9 Å². The van der Waals surface area contributed by atoms with Crippen LogP contribution in [0.15, 0.2) is 30.3 Å². The number of nitrogens with zero attached hydrogens (tertiary/aromatic N) is 5. The van der Waals surface area contributed by atoms with E-state index in [9.17, 15) is 22.4 Å². The lowest BCUT2D eigenvalue weighted by atomic mass is 10.2. The molecule has 0 spiro atoms. The number of aromatic nitrogens is 3. The third-order valence-corrected chi connectivity index (χ3v) is 5.48. The number of hydrogen-bond acceptors (Lipinski definition) is 4. The van der Waals surface area contributed by atoms with Gasteiger partial charge in [-0.05, 0) is 30.7 Å². The Hall–Kier alpha value is -2.72. The maximum absolute atomic E-state index is 13.4. The van der Waals surface area contributed by atoms with Gasteiger partial charge in [-0.1, -0.05) is 23.7 Å². The standard InChI is InChI=1S/C20H18ClF4N5O/c1-12-10-15(20(23,24)25)30-18(26-12)16(21)17(27-30)19(31)29-8-6-28(7-9-29)11-13-2-4-14(22)5-3-13/h2-5,10H,6-9,11H2,1H3. The number of benzene rings is 1. The first kappa shape index (κ1) is 21.5. The molecule has 1 aliphatic rings. The second-order valence-corrected chi connectivity index (χ2v) is 7.75. The molecule has 1 fully saturated rings. The van der Waals surface area contributed by atoms with Crippen LogP contribution in [-0.4, -0.2) is 56.5 Å². The first-order chi connectivity index (χ1) is 14.6. The van der Waals surface area contributed by atoms with Crippen LogP contribution < -0.4 is 0 Å². The Balaban J connectivity index is 1.51. The van der Waals surface area contributed by atoms with Crippen LogP contribution in [0.5, 0.6) is 0 Å². The predicted molar refractivity (Wildman–Crippen MR) is 105 cm³/mol. The maximum atomic E-state index is 13.4. The van der Waals surface area contributed by atoms with Gasteiger partial charge in [-0.2, -0.15) is 18.3 Å². The third kappa shape index (κ3) is 4.35. The minimum absolute atomic E-state index is 0.120. The molecule has 1 saturated heterocycles. The molecular formula is C20H18ClF4N5O. The molecule has 0 N–H and O–H groups in total. The second kappa shape index (κ2) is 8.08. The van der Waals surface area contributed by atoms with Gasteiger partial charge in [0, 0.05) is 38.4 Å². The number of aryl methyl sites for hydroxylation is 1. The van der Waals surface area contributed by atoms with E-state index in [1.54, 1.807) is 12.1 Å². The SMILES string of the molecule is Cc1cc(C(F)(F)F)n2nc(C(=O)N3CCN(Cc4ccc(F)cc4)CC3)c(Cl)c2n1. The molecular weight excluding hydrogens is 438 g/mol. The first-order valence-corrected chi connectivity index (χ1v) is 9.90. The maximum Gasteiger partial charge on any atom is 0.433 e. The Kier molecular flexibility index (Phi) is 5.61. The van der Waals surface area contributed by atoms with Crippen molar-refractivity contribution in [2.24, 2.45) is 0 Å². The number of carbonyl (C=O) groups excluding carboxylic acids is 1. The van der Waals surface area contributed by atoms with Gasteiger partial charge in [0.2, 0.25) is 0 Å². The molecule has 0 atom stereocenters. The smallest absolute Gasteiger partial charge is 0.335 e. The van der Waals surface area contributed by atoms with Crippen molar-refractivity contribution in [1.82, 2.24) is 24.4 Å². The molecule has 3 heterocycles.